The lowest BCUT2D eigenvalue weighted by molar-refractivity contribution is 0.228. The van der Waals surface area contributed by atoms with E-state index in [4.69, 9.17) is 0 Å². The Kier molecular flexibility index (Phi) is 4.39. The van der Waals surface area contributed by atoms with Gasteiger partial charge in [0.25, 0.3) is 0 Å². The minimum atomic E-state index is -0.147. The van der Waals surface area contributed by atoms with Crippen molar-refractivity contribution in [2.45, 2.75) is 52.1 Å². The van der Waals surface area contributed by atoms with Crippen molar-refractivity contribution in [2.24, 2.45) is 11.8 Å². The molecular weight excluding hydrogens is 225 g/mol. The molecule has 1 aliphatic rings. The van der Waals surface area contributed by atoms with Crippen molar-refractivity contribution in [3.05, 3.63) is 35.6 Å². The van der Waals surface area contributed by atoms with Crippen LogP contribution in [0.2, 0.25) is 0 Å². The second kappa shape index (κ2) is 5.83. The Morgan fingerprint density at radius 1 is 1.17 bits per heavy atom. The molecule has 0 amide bonds. The molecule has 0 radical (unpaired) electrons. The van der Waals surface area contributed by atoms with Gasteiger partial charge in [-0.15, -0.1) is 0 Å². The number of nitrogens with one attached hydrogen (secondary N) is 1. The molecule has 2 heteroatoms. The van der Waals surface area contributed by atoms with Gasteiger partial charge in [-0.1, -0.05) is 26.0 Å². The van der Waals surface area contributed by atoms with Crippen LogP contribution in [0.25, 0.3) is 0 Å². The summed E-state index contributed by atoms with van der Waals surface area (Å²) in [7, 11) is 0. The Bertz CT molecular complexity index is 380. The van der Waals surface area contributed by atoms with Crippen LogP contribution in [-0.4, -0.2) is 6.04 Å². The third kappa shape index (κ3) is 3.55. The summed E-state index contributed by atoms with van der Waals surface area (Å²) in [5.74, 6) is 1.45. The molecule has 2 rings (SSSR count). The van der Waals surface area contributed by atoms with Gasteiger partial charge >= 0.3 is 0 Å². The first-order valence-electron chi connectivity index (χ1n) is 7.06. The lowest BCUT2D eigenvalue weighted by atomic mass is 9.80. The molecule has 0 aliphatic heterocycles. The van der Waals surface area contributed by atoms with E-state index in [0.717, 1.165) is 17.4 Å². The number of rotatable bonds is 3. The number of halogens is 1. The second-order valence-corrected chi connectivity index (χ2v) is 6.06. The van der Waals surface area contributed by atoms with Crippen LogP contribution in [0, 0.1) is 17.7 Å². The van der Waals surface area contributed by atoms with Gasteiger partial charge in [0, 0.05) is 12.1 Å². The number of hydrogen-bond acceptors (Lipinski definition) is 1. The minimum Gasteiger partial charge on any atom is -0.307 e. The van der Waals surface area contributed by atoms with Gasteiger partial charge in [0.15, 0.2) is 0 Å². The van der Waals surface area contributed by atoms with E-state index >= 15 is 0 Å². The van der Waals surface area contributed by atoms with Gasteiger partial charge in [-0.2, -0.15) is 0 Å². The normalized spacial score (nSPS) is 30.1. The molecule has 3 unspecified atom stereocenters. The van der Waals surface area contributed by atoms with Crippen LogP contribution in [0.4, 0.5) is 4.39 Å². The first-order chi connectivity index (χ1) is 8.54. The predicted octanol–water partition coefficient (Wildman–Crippen LogP) is 4.30. The molecule has 1 aliphatic carbocycles. The molecule has 1 fully saturated rings. The highest BCUT2D eigenvalue weighted by atomic mass is 19.1. The first kappa shape index (κ1) is 13.5. The third-order valence-corrected chi connectivity index (χ3v) is 4.01. The van der Waals surface area contributed by atoms with Gasteiger partial charge in [-0.05, 0) is 55.7 Å². The van der Waals surface area contributed by atoms with Gasteiger partial charge < -0.3 is 5.32 Å². The summed E-state index contributed by atoms with van der Waals surface area (Å²) in [6, 6.07) is 7.71. The Morgan fingerprint density at radius 3 is 2.44 bits per heavy atom. The van der Waals surface area contributed by atoms with Crippen LogP contribution in [0.5, 0.6) is 0 Å². The topological polar surface area (TPSA) is 12.0 Å². The van der Waals surface area contributed by atoms with Crippen molar-refractivity contribution in [1.82, 2.24) is 5.32 Å². The van der Waals surface area contributed by atoms with E-state index in [1.165, 1.54) is 25.3 Å². The van der Waals surface area contributed by atoms with Crippen molar-refractivity contribution in [3.63, 3.8) is 0 Å². The fourth-order valence-electron chi connectivity index (χ4n) is 3.31. The zero-order valence-electron chi connectivity index (χ0n) is 11.6. The highest BCUT2D eigenvalue weighted by Gasteiger charge is 2.24. The lowest BCUT2D eigenvalue weighted by Crippen LogP contribution is -2.37. The van der Waals surface area contributed by atoms with E-state index < -0.39 is 0 Å². The van der Waals surface area contributed by atoms with Crippen molar-refractivity contribution in [2.75, 3.05) is 0 Å². The van der Waals surface area contributed by atoms with Crippen LogP contribution >= 0.6 is 0 Å². The molecule has 0 aromatic heterocycles. The molecule has 100 valence electrons. The summed E-state index contributed by atoms with van der Waals surface area (Å²) in [6.45, 7) is 6.78. The summed E-state index contributed by atoms with van der Waals surface area (Å²) in [5.41, 5.74) is 1.04. The van der Waals surface area contributed by atoms with Crippen molar-refractivity contribution < 1.29 is 4.39 Å². The minimum absolute atomic E-state index is 0.147. The quantitative estimate of drug-likeness (QED) is 0.842. The fourth-order valence-corrected chi connectivity index (χ4v) is 3.31. The lowest BCUT2D eigenvalue weighted by Gasteiger charge is -2.34. The van der Waals surface area contributed by atoms with E-state index in [0.29, 0.717) is 6.04 Å². The fraction of sp³-hybridized carbons (Fsp3) is 0.625. The predicted molar refractivity (Wildman–Crippen MR) is 73.9 cm³/mol. The summed E-state index contributed by atoms with van der Waals surface area (Å²) in [4.78, 5) is 0. The molecule has 0 heterocycles. The van der Waals surface area contributed by atoms with Gasteiger partial charge in [0.2, 0.25) is 0 Å². The summed E-state index contributed by atoms with van der Waals surface area (Å²) < 4.78 is 13.2. The first-order valence-corrected chi connectivity index (χ1v) is 7.06. The largest absolute Gasteiger partial charge is 0.307 e. The Labute approximate surface area is 110 Å². The zero-order valence-corrected chi connectivity index (χ0v) is 11.6. The number of hydrogen-bond donors (Lipinski definition) is 1. The van der Waals surface area contributed by atoms with Crippen LogP contribution in [-0.2, 0) is 0 Å². The third-order valence-electron chi connectivity index (χ3n) is 4.01. The molecule has 1 aromatic rings. The standard InChI is InChI=1S/C16H24FN/c1-11-7-12(2)9-16(8-11)18-13(3)14-5-4-6-15(17)10-14/h4-6,10-13,16,18H,7-9H2,1-3H3. The van der Waals surface area contributed by atoms with Crippen LogP contribution in [0.15, 0.2) is 24.3 Å². The second-order valence-electron chi connectivity index (χ2n) is 6.06. The average Bonchev–Trinajstić information content (AvgIpc) is 2.27. The molecule has 3 atom stereocenters. The molecule has 1 aromatic carbocycles. The van der Waals surface area contributed by atoms with Crippen molar-refractivity contribution in [3.8, 4) is 0 Å². The van der Waals surface area contributed by atoms with Crippen molar-refractivity contribution >= 4 is 0 Å². The molecule has 0 saturated heterocycles. The van der Waals surface area contributed by atoms with E-state index in [1.54, 1.807) is 12.1 Å². The molecular formula is C16H24FN. The molecule has 0 spiro atoms. The van der Waals surface area contributed by atoms with Crippen molar-refractivity contribution in [1.29, 1.82) is 0 Å². The Balaban J connectivity index is 1.96. The number of benzene rings is 1. The SMILES string of the molecule is CC1CC(C)CC(NC(C)c2cccc(F)c2)C1. The van der Waals surface area contributed by atoms with E-state index in [-0.39, 0.29) is 11.9 Å². The van der Waals surface area contributed by atoms with Crippen LogP contribution in [0.3, 0.4) is 0 Å². The summed E-state index contributed by atoms with van der Waals surface area (Å²) >= 11 is 0. The highest BCUT2D eigenvalue weighted by Crippen LogP contribution is 2.30. The zero-order chi connectivity index (χ0) is 13.1. The maximum atomic E-state index is 13.2. The summed E-state index contributed by atoms with van der Waals surface area (Å²) in [5, 5.41) is 3.66. The van der Waals surface area contributed by atoms with Crippen LogP contribution < -0.4 is 5.32 Å². The van der Waals surface area contributed by atoms with E-state index in [9.17, 15) is 4.39 Å². The molecule has 1 saturated carbocycles. The Morgan fingerprint density at radius 2 is 1.83 bits per heavy atom. The van der Waals surface area contributed by atoms with Gasteiger partial charge in [-0.3, -0.25) is 0 Å². The molecule has 18 heavy (non-hydrogen) atoms. The van der Waals surface area contributed by atoms with Crippen LogP contribution in [0.1, 0.15) is 51.6 Å². The molecule has 0 bridgehead atoms. The van der Waals surface area contributed by atoms with Gasteiger partial charge in [0.05, 0.1) is 0 Å². The van der Waals surface area contributed by atoms with Gasteiger partial charge in [0.1, 0.15) is 5.82 Å². The summed E-state index contributed by atoms with van der Waals surface area (Å²) in [6.07, 6.45) is 3.82. The van der Waals surface area contributed by atoms with E-state index in [2.05, 4.69) is 26.1 Å². The Hall–Kier alpha value is -0.890. The van der Waals surface area contributed by atoms with E-state index in [1.807, 2.05) is 6.07 Å². The highest BCUT2D eigenvalue weighted by molar-refractivity contribution is 5.19. The smallest absolute Gasteiger partial charge is 0.123 e. The average molecular weight is 249 g/mol. The molecule has 1 nitrogen and oxygen atoms in total. The maximum Gasteiger partial charge on any atom is 0.123 e. The van der Waals surface area contributed by atoms with Gasteiger partial charge in [-0.25, -0.2) is 4.39 Å². The monoisotopic (exact) mass is 249 g/mol. The molecule has 1 N–H and O–H groups in total. The maximum absolute atomic E-state index is 13.2.